The second-order valence-corrected chi connectivity index (χ2v) is 14.2. The number of likely N-dealkylation sites (tertiary alicyclic amines) is 1. The molecule has 3 amide bonds. The van der Waals surface area contributed by atoms with Gasteiger partial charge < -0.3 is 34.4 Å². The molecule has 5 aliphatic rings. The lowest BCUT2D eigenvalue weighted by Gasteiger charge is -2.41. The molecule has 2 N–H and O–H groups in total. The Bertz CT molecular complexity index is 1640. The molecule has 0 unspecified atom stereocenters. The van der Waals surface area contributed by atoms with Gasteiger partial charge in [0.25, 0.3) is 0 Å². The number of methoxy groups -OCH3 is 1. The van der Waals surface area contributed by atoms with Crippen LogP contribution in [0, 0.1) is 11.8 Å². The van der Waals surface area contributed by atoms with Crippen LogP contribution in [-0.4, -0.2) is 95.3 Å². The molecular weight excluding hydrogens is 650 g/mol. The molecule has 4 aliphatic heterocycles. The summed E-state index contributed by atoms with van der Waals surface area (Å²) in [6.07, 6.45) is 10.8. The Hall–Kier alpha value is -4.32. The van der Waals surface area contributed by atoms with Gasteiger partial charge in [-0.1, -0.05) is 104 Å². The summed E-state index contributed by atoms with van der Waals surface area (Å²) >= 11 is 0. The van der Waals surface area contributed by atoms with Crippen LogP contribution in [0.3, 0.4) is 0 Å². The van der Waals surface area contributed by atoms with Crippen LogP contribution in [0.5, 0.6) is 0 Å². The number of rotatable bonds is 7. The standard InChI is InChI=1S/C40H47N3O8/c1-49-25-29-35(27-16-7-3-8-17-27)50-39(48)33-31(20-11-12-21-32(45)41-29)51-40-22-13-23-42(28-18-9-4-10-19-28)38(47)36(40)43(37(46)34(33)40)30(24-44)26-14-5-2-6-15-26/h2-3,5-8,11,13-17,20,22,28-31,33-36,44H,4,9-10,12,18-19,21,23-25H2,1H3,(H,41,45)/b20-11-/t29-,30+,31-,33+,34+,35-,36-,40+/m0/s1. The smallest absolute Gasteiger partial charge is 0.313 e. The number of carbonyl (C=O) groups is 4. The Labute approximate surface area is 298 Å². The summed E-state index contributed by atoms with van der Waals surface area (Å²) in [5.74, 6) is -3.85. The zero-order valence-electron chi connectivity index (χ0n) is 29.0. The van der Waals surface area contributed by atoms with Crippen molar-refractivity contribution in [2.75, 3.05) is 26.9 Å². The number of nitrogens with zero attached hydrogens (tertiary/aromatic N) is 2. The van der Waals surface area contributed by atoms with E-state index in [4.69, 9.17) is 14.2 Å². The maximum atomic E-state index is 15.1. The summed E-state index contributed by atoms with van der Waals surface area (Å²) in [4.78, 5) is 61.3. The molecule has 2 aromatic rings. The number of hydrogen-bond donors (Lipinski definition) is 2. The molecule has 0 aromatic heterocycles. The topological polar surface area (TPSA) is 135 Å². The number of hydrogen-bond acceptors (Lipinski definition) is 8. The zero-order valence-corrected chi connectivity index (χ0v) is 29.0. The maximum Gasteiger partial charge on any atom is 0.313 e. The van der Waals surface area contributed by atoms with Crippen LogP contribution in [0.2, 0.25) is 0 Å². The summed E-state index contributed by atoms with van der Waals surface area (Å²) in [6.45, 7) is 0.000225. The number of carbonyl (C=O) groups excluding carboxylic acids is 4. The van der Waals surface area contributed by atoms with Crippen LogP contribution < -0.4 is 5.32 Å². The maximum absolute atomic E-state index is 15.1. The largest absolute Gasteiger partial charge is 0.455 e. The molecule has 0 radical (unpaired) electrons. The number of amides is 3. The van der Waals surface area contributed by atoms with Crippen LogP contribution in [0.25, 0.3) is 0 Å². The Kier molecular flexibility index (Phi) is 10.4. The number of aliphatic hydroxyl groups excluding tert-OH is 1. The molecule has 0 bridgehead atoms. The fraction of sp³-hybridized carbons (Fsp3) is 0.500. The van der Waals surface area contributed by atoms with E-state index in [1.165, 1.54) is 12.0 Å². The number of cyclic esters (lactones) is 1. The molecule has 51 heavy (non-hydrogen) atoms. The molecule has 7 rings (SSSR count). The molecule has 270 valence electrons. The average molecular weight is 698 g/mol. The van der Waals surface area contributed by atoms with Gasteiger partial charge in [-0.3, -0.25) is 19.2 Å². The first-order chi connectivity index (χ1) is 24.9. The molecule has 3 fully saturated rings. The average Bonchev–Trinajstić information content (AvgIpc) is 3.54. The van der Waals surface area contributed by atoms with E-state index < -0.39 is 66.3 Å². The number of fused-ring (bicyclic) bond motifs is 2. The highest BCUT2D eigenvalue weighted by atomic mass is 16.6. The van der Waals surface area contributed by atoms with Gasteiger partial charge in [-0.2, -0.15) is 0 Å². The number of benzene rings is 2. The van der Waals surface area contributed by atoms with Gasteiger partial charge in [0.15, 0.2) is 0 Å². The number of allylic oxidation sites excluding steroid dienone is 1. The van der Waals surface area contributed by atoms with Gasteiger partial charge in [0.1, 0.15) is 23.7 Å². The van der Waals surface area contributed by atoms with Crippen molar-refractivity contribution in [1.82, 2.24) is 15.1 Å². The van der Waals surface area contributed by atoms with Gasteiger partial charge >= 0.3 is 5.97 Å². The minimum Gasteiger partial charge on any atom is -0.455 e. The van der Waals surface area contributed by atoms with E-state index in [-0.39, 0.29) is 30.9 Å². The third kappa shape index (κ3) is 6.51. The highest BCUT2D eigenvalue weighted by Gasteiger charge is 2.73. The molecular formula is C40H47N3O8. The molecule has 1 aliphatic carbocycles. The third-order valence-corrected chi connectivity index (χ3v) is 11.2. The fourth-order valence-electron chi connectivity index (χ4n) is 8.93. The zero-order chi connectivity index (χ0) is 35.5. The Morgan fingerprint density at radius 3 is 2.39 bits per heavy atom. The third-order valence-electron chi connectivity index (χ3n) is 11.2. The van der Waals surface area contributed by atoms with Gasteiger partial charge in [-0.15, -0.1) is 0 Å². The predicted molar refractivity (Wildman–Crippen MR) is 187 cm³/mol. The minimum absolute atomic E-state index is 0.0141. The second-order valence-electron chi connectivity index (χ2n) is 14.2. The molecule has 1 spiro atoms. The van der Waals surface area contributed by atoms with Crippen LogP contribution in [-0.2, 0) is 33.4 Å². The van der Waals surface area contributed by atoms with E-state index in [1.807, 2.05) is 77.7 Å². The van der Waals surface area contributed by atoms with Gasteiger partial charge in [0.2, 0.25) is 17.7 Å². The molecule has 1 saturated carbocycles. The first-order valence-corrected chi connectivity index (χ1v) is 18.2. The van der Waals surface area contributed by atoms with Crippen LogP contribution in [0.4, 0.5) is 0 Å². The van der Waals surface area contributed by atoms with E-state index in [0.717, 1.165) is 32.1 Å². The normalized spacial score (nSPS) is 32.8. The first-order valence-electron chi connectivity index (χ1n) is 18.2. The van der Waals surface area contributed by atoms with E-state index in [2.05, 4.69) is 5.32 Å². The van der Waals surface area contributed by atoms with Crippen molar-refractivity contribution < 1.29 is 38.5 Å². The van der Waals surface area contributed by atoms with Gasteiger partial charge in [0, 0.05) is 26.1 Å². The number of ether oxygens (including phenoxy) is 3. The Balaban J connectivity index is 1.34. The van der Waals surface area contributed by atoms with Crippen molar-refractivity contribution in [3.63, 3.8) is 0 Å². The minimum atomic E-state index is -1.51. The van der Waals surface area contributed by atoms with Crippen molar-refractivity contribution >= 4 is 23.7 Å². The second kappa shape index (κ2) is 15.1. The van der Waals surface area contributed by atoms with Crippen molar-refractivity contribution in [3.8, 4) is 0 Å². The van der Waals surface area contributed by atoms with Gasteiger partial charge in [-0.25, -0.2) is 0 Å². The first kappa shape index (κ1) is 35.1. The molecule has 11 heteroatoms. The fourth-order valence-corrected chi connectivity index (χ4v) is 8.93. The van der Waals surface area contributed by atoms with E-state index in [0.29, 0.717) is 24.1 Å². The van der Waals surface area contributed by atoms with E-state index in [9.17, 15) is 14.7 Å². The van der Waals surface area contributed by atoms with Crippen molar-refractivity contribution in [1.29, 1.82) is 0 Å². The van der Waals surface area contributed by atoms with Gasteiger partial charge in [-0.05, 0) is 30.4 Å². The molecule has 8 atom stereocenters. The summed E-state index contributed by atoms with van der Waals surface area (Å²) in [7, 11) is 1.52. The predicted octanol–water partition coefficient (Wildman–Crippen LogP) is 3.80. The summed E-state index contributed by atoms with van der Waals surface area (Å²) in [5.41, 5.74) is -0.185. The quantitative estimate of drug-likeness (QED) is 0.330. The number of esters is 1. The lowest BCUT2D eigenvalue weighted by molar-refractivity contribution is -0.163. The number of aliphatic hydroxyl groups is 1. The summed E-state index contributed by atoms with van der Waals surface area (Å²) in [5, 5.41) is 13.9. The summed E-state index contributed by atoms with van der Waals surface area (Å²) in [6, 6.07) is 15.6. The van der Waals surface area contributed by atoms with Gasteiger partial charge in [0.05, 0.1) is 37.3 Å². The highest BCUT2D eigenvalue weighted by molar-refractivity contribution is 5.99. The SMILES string of the molecule is COC[C@@H]1NC(=O)CC/C=C\[C@@H]2O[C@@]34C=CCN(C5CCCCC5)C(=O)[C@@H]3N([C@H](CO)c3ccccc3)C(=O)[C@H]4[C@@H]2C(=O)O[C@H]1c1ccccc1. The van der Waals surface area contributed by atoms with E-state index in [1.54, 1.807) is 12.2 Å². The lowest BCUT2D eigenvalue weighted by atomic mass is 9.77. The monoisotopic (exact) mass is 697 g/mol. The number of nitrogens with one attached hydrogen (secondary N) is 1. The van der Waals surface area contributed by atoms with Crippen molar-refractivity contribution in [2.24, 2.45) is 11.8 Å². The lowest BCUT2D eigenvalue weighted by Crippen LogP contribution is -2.58. The van der Waals surface area contributed by atoms with Crippen LogP contribution in [0.15, 0.2) is 85.0 Å². The molecule has 2 saturated heterocycles. The Morgan fingerprint density at radius 2 is 1.69 bits per heavy atom. The van der Waals surface area contributed by atoms with Crippen LogP contribution >= 0.6 is 0 Å². The van der Waals surface area contributed by atoms with Crippen molar-refractivity contribution in [2.45, 2.75) is 86.9 Å². The molecule has 2 aromatic carbocycles. The Morgan fingerprint density at radius 1 is 0.961 bits per heavy atom. The van der Waals surface area contributed by atoms with Crippen LogP contribution in [0.1, 0.15) is 68.2 Å². The van der Waals surface area contributed by atoms with Crippen molar-refractivity contribution in [3.05, 3.63) is 96.1 Å². The summed E-state index contributed by atoms with van der Waals surface area (Å²) < 4.78 is 18.8. The molecule has 11 nitrogen and oxygen atoms in total. The van der Waals surface area contributed by atoms with E-state index >= 15 is 9.59 Å². The molecule has 4 heterocycles. The highest BCUT2D eigenvalue weighted by Crippen LogP contribution is 2.55.